The van der Waals surface area contributed by atoms with Gasteiger partial charge in [-0.3, -0.25) is 0 Å². The minimum Gasteiger partial charge on any atom is -0.465 e. The van der Waals surface area contributed by atoms with Crippen LogP contribution in [0.15, 0.2) is 72.8 Å². The van der Waals surface area contributed by atoms with Gasteiger partial charge in [0.25, 0.3) is 0 Å². The van der Waals surface area contributed by atoms with Crippen molar-refractivity contribution in [2.75, 3.05) is 31.4 Å². The zero-order valence-electron chi connectivity index (χ0n) is 17.1. The molecule has 0 amide bonds. The van der Waals surface area contributed by atoms with Gasteiger partial charge >= 0.3 is 5.97 Å². The van der Waals surface area contributed by atoms with E-state index in [9.17, 15) is 4.79 Å². The van der Waals surface area contributed by atoms with Gasteiger partial charge in [0.05, 0.1) is 12.7 Å². The van der Waals surface area contributed by atoms with Gasteiger partial charge in [0.1, 0.15) is 5.69 Å². The summed E-state index contributed by atoms with van der Waals surface area (Å²) in [5.41, 5.74) is 4.18. The Bertz CT molecular complexity index is 1200. The number of nitrogens with zero attached hydrogens (tertiary/aromatic N) is 3. The Morgan fingerprint density at radius 1 is 0.900 bits per heavy atom. The van der Waals surface area contributed by atoms with E-state index in [4.69, 9.17) is 4.74 Å². The molecule has 0 spiro atoms. The van der Waals surface area contributed by atoms with Gasteiger partial charge in [-0.2, -0.15) is 0 Å². The first kappa shape index (κ1) is 19.4. The second-order valence-electron chi connectivity index (χ2n) is 7.08. The molecule has 1 aromatic heterocycles. The van der Waals surface area contributed by atoms with Crippen LogP contribution in [0.25, 0.3) is 22.0 Å². The van der Waals surface area contributed by atoms with Crippen molar-refractivity contribution in [3.8, 4) is 11.3 Å². The zero-order chi connectivity index (χ0) is 21.1. The summed E-state index contributed by atoms with van der Waals surface area (Å²) < 4.78 is 4.77. The summed E-state index contributed by atoms with van der Waals surface area (Å²) >= 11 is 0. The Hall–Kier alpha value is -3.93. The third kappa shape index (κ3) is 3.80. The Balaban J connectivity index is 1.73. The Kier molecular flexibility index (Phi) is 5.30. The molecule has 30 heavy (non-hydrogen) atoms. The second-order valence-corrected chi connectivity index (χ2v) is 7.08. The van der Waals surface area contributed by atoms with Crippen molar-refractivity contribution in [1.82, 2.24) is 10.2 Å². The monoisotopic (exact) mass is 398 g/mol. The van der Waals surface area contributed by atoms with Crippen LogP contribution in [0.1, 0.15) is 10.4 Å². The largest absolute Gasteiger partial charge is 0.465 e. The van der Waals surface area contributed by atoms with E-state index in [1.807, 2.05) is 62.6 Å². The van der Waals surface area contributed by atoms with E-state index in [2.05, 4.69) is 32.5 Å². The molecule has 0 radical (unpaired) electrons. The lowest BCUT2D eigenvalue weighted by Gasteiger charge is -2.15. The van der Waals surface area contributed by atoms with Crippen LogP contribution in [-0.4, -0.2) is 37.4 Å². The van der Waals surface area contributed by atoms with Crippen LogP contribution >= 0.6 is 0 Å². The molecule has 4 rings (SSSR count). The first-order valence-electron chi connectivity index (χ1n) is 9.55. The topological polar surface area (TPSA) is 67.3 Å². The summed E-state index contributed by atoms with van der Waals surface area (Å²) in [4.78, 5) is 13.7. The molecule has 0 atom stereocenters. The number of carbonyl (C=O) groups excluding carboxylic acids is 1. The molecule has 3 aromatic carbocycles. The van der Waals surface area contributed by atoms with Crippen molar-refractivity contribution >= 4 is 33.9 Å². The molecular formula is C24H22N4O2. The van der Waals surface area contributed by atoms with Gasteiger partial charge < -0.3 is 15.0 Å². The van der Waals surface area contributed by atoms with Gasteiger partial charge in [0, 0.05) is 41.8 Å². The molecule has 0 fully saturated rings. The predicted octanol–water partition coefficient (Wildman–Crippen LogP) is 4.89. The lowest BCUT2D eigenvalue weighted by molar-refractivity contribution is 0.0601. The number of rotatable bonds is 5. The minimum absolute atomic E-state index is 0.364. The molecule has 0 saturated heterocycles. The number of esters is 1. The van der Waals surface area contributed by atoms with Crippen LogP contribution in [0.3, 0.4) is 0 Å². The van der Waals surface area contributed by atoms with Crippen molar-refractivity contribution in [3.63, 3.8) is 0 Å². The lowest BCUT2D eigenvalue weighted by Crippen LogP contribution is -2.08. The molecule has 0 saturated carbocycles. The highest BCUT2D eigenvalue weighted by Gasteiger charge is 2.12. The van der Waals surface area contributed by atoms with Crippen LogP contribution in [0.4, 0.5) is 17.2 Å². The maximum atomic E-state index is 11.7. The molecule has 0 aliphatic rings. The molecular weight excluding hydrogens is 376 g/mol. The van der Waals surface area contributed by atoms with Gasteiger partial charge in [-0.25, -0.2) is 4.79 Å². The summed E-state index contributed by atoms with van der Waals surface area (Å²) in [7, 11) is 5.39. The molecule has 0 bridgehead atoms. The van der Waals surface area contributed by atoms with Gasteiger partial charge in [-0.1, -0.05) is 42.5 Å². The fourth-order valence-corrected chi connectivity index (χ4v) is 3.29. The number of hydrogen-bond donors (Lipinski definition) is 1. The van der Waals surface area contributed by atoms with Gasteiger partial charge in [-0.05, 0) is 30.3 Å². The van der Waals surface area contributed by atoms with Gasteiger partial charge in [0.2, 0.25) is 0 Å². The fraction of sp³-hybridized carbons (Fsp3) is 0.125. The van der Waals surface area contributed by atoms with Crippen LogP contribution in [0, 0.1) is 0 Å². The standard InChI is InChI=1S/C24H22N4O2/c1-28(2)19-8-6-7-18(15-19)25-23-21-10-5-4-9-20(21)22(26-27-23)16-11-13-17(14-12-16)24(29)30-3/h4-15H,1-3H3,(H,25,27). The minimum atomic E-state index is -0.364. The first-order valence-corrected chi connectivity index (χ1v) is 9.55. The van der Waals surface area contributed by atoms with Crippen LogP contribution in [0.5, 0.6) is 0 Å². The SMILES string of the molecule is COC(=O)c1ccc(-c2nnc(Nc3cccc(N(C)C)c3)c3ccccc23)cc1. The normalized spacial score (nSPS) is 10.6. The number of nitrogens with one attached hydrogen (secondary N) is 1. The Morgan fingerprint density at radius 3 is 2.33 bits per heavy atom. The average Bonchev–Trinajstić information content (AvgIpc) is 2.79. The second kappa shape index (κ2) is 8.21. The number of benzene rings is 3. The van der Waals surface area contributed by atoms with Gasteiger partial charge in [-0.15, -0.1) is 10.2 Å². The van der Waals surface area contributed by atoms with Crippen molar-refractivity contribution in [2.24, 2.45) is 0 Å². The van der Waals surface area contributed by atoms with E-state index in [0.29, 0.717) is 11.4 Å². The first-order chi connectivity index (χ1) is 14.6. The highest BCUT2D eigenvalue weighted by atomic mass is 16.5. The van der Waals surface area contributed by atoms with E-state index in [1.54, 1.807) is 12.1 Å². The number of anilines is 3. The van der Waals surface area contributed by atoms with E-state index in [0.717, 1.165) is 33.4 Å². The van der Waals surface area contributed by atoms with Crippen LogP contribution < -0.4 is 10.2 Å². The van der Waals surface area contributed by atoms with E-state index < -0.39 is 0 Å². The summed E-state index contributed by atoms with van der Waals surface area (Å²) in [5, 5.41) is 14.3. The molecule has 1 N–H and O–H groups in total. The predicted molar refractivity (Wildman–Crippen MR) is 120 cm³/mol. The number of aromatic nitrogens is 2. The number of carbonyl (C=O) groups is 1. The molecule has 6 heteroatoms. The van der Waals surface area contributed by atoms with Crippen molar-refractivity contribution < 1.29 is 9.53 Å². The summed E-state index contributed by atoms with van der Waals surface area (Å²) in [6.07, 6.45) is 0. The number of fused-ring (bicyclic) bond motifs is 1. The molecule has 0 unspecified atom stereocenters. The third-order valence-corrected chi connectivity index (χ3v) is 4.89. The van der Waals surface area contributed by atoms with Crippen LogP contribution in [0.2, 0.25) is 0 Å². The van der Waals surface area contributed by atoms with E-state index in [-0.39, 0.29) is 5.97 Å². The Labute approximate surface area is 175 Å². The lowest BCUT2D eigenvalue weighted by atomic mass is 10.0. The fourth-order valence-electron chi connectivity index (χ4n) is 3.29. The molecule has 0 aliphatic heterocycles. The average molecular weight is 398 g/mol. The molecule has 1 heterocycles. The summed E-state index contributed by atoms with van der Waals surface area (Å²) in [5.74, 6) is 0.327. The molecule has 150 valence electrons. The summed E-state index contributed by atoms with van der Waals surface area (Å²) in [6, 6.07) is 23.3. The van der Waals surface area contributed by atoms with E-state index in [1.165, 1.54) is 7.11 Å². The summed E-state index contributed by atoms with van der Waals surface area (Å²) in [6.45, 7) is 0. The van der Waals surface area contributed by atoms with Crippen molar-refractivity contribution in [1.29, 1.82) is 0 Å². The third-order valence-electron chi connectivity index (χ3n) is 4.89. The molecule has 4 aromatic rings. The highest BCUT2D eigenvalue weighted by Crippen LogP contribution is 2.31. The number of methoxy groups -OCH3 is 1. The maximum Gasteiger partial charge on any atom is 0.337 e. The molecule has 6 nitrogen and oxygen atoms in total. The highest BCUT2D eigenvalue weighted by molar-refractivity contribution is 6.01. The van der Waals surface area contributed by atoms with Gasteiger partial charge in [0.15, 0.2) is 5.82 Å². The maximum absolute atomic E-state index is 11.7. The van der Waals surface area contributed by atoms with E-state index >= 15 is 0 Å². The van der Waals surface area contributed by atoms with Crippen LogP contribution in [-0.2, 0) is 4.74 Å². The van der Waals surface area contributed by atoms with Crippen molar-refractivity contribution in [3.05, 3.63) is 78.4 Å². The number of ether oxygens (including phenoxy) is 1. The zero-order valence-corrected chi connectivity index (χ0v) is 17.1. The number of hydrogen-bond acceptors (Lipinski definition) is 6. The quantitative estimate of drug-likeness (QED) is 0.483. The van der Waals surface area contributed by atoms with Crippen molar-refractivity contribution in [2.45, 2.75) is 0 Å². The smallest absolute Gasteiger partial charge is 0.337 e. The Morgan fingerprint density at radius 2 is 1.63 bits per heavy atom. The molecule has 0 aliphatic carbocycles.